The van der Waals surface area contributed by atoms with Gasteiger partial charge in [0.25, 0.3) is 0 Å². The number of hydrogen-bond donors (Lipinski definition) is 2. The number of piperazine rings is 1. The third-order valence-electron chi connectivity index (χ3n) is 7.57. The second-order valence-corrected chi connectivity index (χ2v) is 10.00. The molecule has 0 unspecified atom stereocenters. The van der Waals surface area contributed by atoms with E-state index in [2.05, 4.69) is 20.4 Å². The summed E-state index contributed by atoms with van der Waals surface area (Å²) in [6, 6.07) is 0. The zero-order chi connectivity index (χ0) is 21.7. The van der Waals surface area contributed by atoms with Crippen LogP contribution >= 0.6 is 0 Å². The first-order valence-electron chi connectivity index (χ1n) is 13.2. The van der Waals surface area contributed by atoms with Gasteiger partial charge in [-0.3, -0.25) is 9.59 Å². The predicted molar refractivity (Wildman–Crippen MR) is 126 cm³/mol. The number of carbonyl (C=O) groups excluding carboxylic acids is 2. The van der Waals surface area contributed by atoms with Crippen molar-refractivity contribution in [3.63, 3.8) is 0 Å². The first-order chi connectivity index (χ1) is 15.2. The Bertz CT molecular complexity index is 522. The summed E-state index contributed by atoms with van der Waals surface area (Å²) >= 11 is 0. The van der Waals surface area contributed by atoms with Crippen LogP contribution in [-0.2, 0) is 9.59 Å². The average molecular weight is 435 g/mol. The summed E-state index contributed by atoms with van der Waals surface area (Å²) in [5.74, 6) is 1.14. The van der Waals surface area contributed by atoms with Gasteiger partial charge in [-0.1, -0.05) is 38.5 Å². The maximum absolute atomic E-state index is 12.2. The molecular formula is C25H46N4O2. The third kappa shape index (κ3) is 9.09. The molecule has 2 amide bonds. The summed E-state index contributed by atoms with van der Waals surface area (Å²) in [6.45, 7) is 8.44. The first-order valence-corrected chi connectivity index (χ1v) is 13.2. The normalized spacial score (nSPS) is 22.3. The lowest BCUT2D eigenvalue weighted by atomic mass is 9.89. The van der Waals surface area contributed by atoms with E-state index in [1.807, 2.05) is 0 Å². The fraction of sp³-hybridized carbons (Fsp3) is 0.920. The van der Waals surface area contributed by atoms with Crippen LogP contribution in [0.5, 0.6) is 0 Å². The van der Waals surface area contributed by atoms with Crippen molar-refractivity contribution in [3.05, 3.63) is 0 Å². The zero-order valence-corrected chi connectivity index (χ0v) is 19.7. The Kier molecular flexibility index (Phi) is 11.1. The molecule has 31 heavy (non-hydrogen) atoms. The summed E-state index contributed by atoms with van der Waals surface area (Å²) in [6.07, 6.45) is 15.1. The number of nitrogens with one attached hydrogen (secondary N) is 2. The van der Waals surface area contributed by atoms with Crippen LogP contribution in [0.15, 0.2) is 0 Å². The highest BCUT2D eigenvalue weighted by Crippen LogP contribution is 2.24. The molecule has 0 aromatic carbocycles. The molecule has 3 fully saturated rings. The van der Waals surface area contributed by atoms with Crippen molar-refractivity contribution in [2.75, 3.05) is 52.4 Å². The van der Waals surface area contributed by atoms with Gasteiger partial charge in [0, 0.05) is 51.1 Å². The van der Waals surface area contributed by atoms with E-state index in [1.54, 1.807) is 0 Å². The Morgan fingerprint density at radius 2 is 1.00 bits per heavy atom. The summed E-state index contributed by atoms with van der Waals surface area (Å²) < 4.78 is 0. The van der Waals surface area contributed by atoms with Gasteiger partial charge in [0.05, 0.1) is 0 Å². The number of carbonyl (C=O) groups is 2. The molecule has 178 valence electrons. The van der Waals surface area contributed by atoms with Crippen LogP contribution in [0.4, 0.5) is 0 Å². The van der Waals surface area contributed by atoms with Crippen molar-refractivity contribution < 1.29 is 9.59 Å². The number of hydrogen-bond acceptors (Lipinski definition) is 4. The molecule has 2 saturated carbocycles. The lowest BCUT2D eigenvalue weighted by Crippen LogP contribution is -2.47. The van der Waals surface area contributed by atoms with E-state index in [0.29, 0.717) is 11.8 Å². The molecule has 6 heteroatoms. The average Bonchev–Trinajstić information content (AvgIpc) is 2.83. The fourth-order valence-electron chi connectivity index (χ4n) is 5.44. The van der Waals surface area contributed by atoms with Gasteiger partial charge < -0.3 is 20.4 Å². The molecule has 0 bridgehead atoms. The van der Waals surface area contributed by atoms with Gasteiger partial charge in [-0.25, -0.2) is 0 Å². The van der Waals surface area contributed by atoms with E-state index >= 15 is 0 Å². The molecule has 1 aliphatic heterocycles. The fourth-order valence-corrected chi connectivity index (χ4v) is 5.44. The van der Waals surface area contributed by atoms with Gasteiger partial charge in [-0.2, -0.15) is 0 Å². The highest BCUT2D eigenvalue weighted by Gasteiger charge is 2.22. The van der Waals surface area contributed by atoms with Crippen molar-refractivity contribution in [1.29, 1.82) is 0 Å². The molecule has 0 aromatic heterocycles. The van der Waals surface area contributed by atoms with Gasteiger partial charge in [0.1, 0.15) is 0 Å². The van der Waals surface area contributed by atoms with Crippen LogP contribution in [-0.4, -0.2) is 74.0 Å². The lowest BCUT2D eigenvalue weighted by Gasteiger charge is -2.34. The molecular weight excluding hydrogens is 388 g/mol. The monoisotopic (exact) mass is 434 g/mol. The molecule has 2 N–H and O–H groups in total. The van der Waals surface area contributed by atoms with E-state index in [-0.39, 0.29) is 11.8 Å². The molecule has 1 saturated heterocycles. The van der Waals surface area contributed by atoms with Crippen LogP contribution in [0.2, 0.25) is 0 Å². The second-order valence-electron chi connectivity index (χ2n) is 10.00. The minimum absolute atomic E-state index is 0.276. The number of nitrogens with zero attached hydrogens (tertiary/aromatic N) is 2. The van der Waals surface area contributed by atoms with Gasteiger partial charge in [0.2, 0.25) is 11.8 Å². The maximum Gasteiger partial charge on any atom is 0.223 e. The molecule has 1 heterocycles. The smallest absolute Gasteiger partial charge is 0.223 e. The topological polar surface area (TPSA) is 64.7 Å². The van der Waals surface area contributed by atoms with Crippen molar-refractivity contribution >= 4 is 11.8 Å². The quantitative estimate of drug-likeness (QED) is 0.490. The van der Waals surface area contributed by atoms with Crippen LogP contribution in [0.25, 0.3) is 0 Å². The molecule has 0 radical (unpaired) electrons. The van der Waals surface area contributed by atoms with Crippen LogP contribution in [0.1, 0.15) is 83.5 Å². The maximum atomic E-state index is 12.2. The van der Waals surface area contributed by atoms with Crippen molar-refractivity contribution in [2.24, 2.45) is 11.8 Å². The molecule has 0 aromatic rings. The predicted octanol–water partition coefficient (Wildman–Crippen LogP) is 3.17. The summed E-state index contributed by atoms with van der Waals surface area (Å²) in [4.78, 5) is 29.5. The van der Waals surface area contributed by atoms with Crippen LogP contribution < -0.4 is 10.6 Å². The highest BCUT2D eigenvalue weighted by molar-refractivity contribution is 5.79. The van der Waals surface area contributed by atoms with Gasteiger partial charge in [0.15, 0.2) is 0 Å². The van der Waals surface area contributed by atoms with Gasteiger partial charge >= 0.3 is 0 Å². The Balaban J connectivity index is 1.14. The summed E-state index contributed by atoms with van der Waals surface area (Å²) in [5.41, 5.74) is 0. The van der Waals surface area contributed by atoms with Crippen molar-refractivity contribution in [1.82, 2.24) is 20.4 Å². The van der Waals surface area contributed by atoms with E-state index in [4.69, 9.17) is 0 Å². The molecule has 3 rings (SSSR count). The number of amides is 2. The second kappa shape index (κ2) is 14.1. The van der Waals surface area contributed by atoms with E-state index in [1.165, 1.54) is 38.5 Å². The first kappa shape index (κ1) is 24.5. The minimum atomic E-state index is 0.276. The Hall–Kier alpha value is -1.14. The Morgan fingerprint density at radius 1 is 0.581 bits per heavy atom. The Morgan fingerprint density at radius 3 is 1.48 bits per heavy atom. The van der Waals surface area contributed by atoms with Crippen molar-refractivity contribution in [3.8, 4) is 0 Å². The molecule has 6 nitrogen and oxygen atoms in total. The van der Waals surface area contributed by atoms with Crippen LogP contribution in [0.3, 0.4) is 0 Å². The van der Waals surface area contributed by atoms with E-state index in [0.717, 1.165) is 97.3 Å². The summed E-state index contributed by atoms with van der Waals surface area (Å²) in [5, 5.41) is 6.32. The molecule has 3 aliphatic rings. The van der Waals surface area contributed by atoms with Gasteiger partial charge in [-0.05, 0) is 58.0 Å². The minimum Gasteiger partial charge on any atom is -0.356 e. The molecule has 0 spiro atoms. The standard InChI is InChI=1S/C25H46N4O2/c30-24(22-10-3-1-4-11-22)26-14-7-8-16-28-18-20-29(21-19-28)17-9-15-27-25(31)23-12-5-2-6-13-23/h22-23H,1-21H2,(H,26,30)(H,27,31). The highest BCUT2D eigenvalue weighted by atomic mass is 16.2. The lowest BCUT2D eigenvalue weighted by molar-refractivity contribution is -0.126. The molecule has 2 aliphatic carbocycles. The SMILES string of the molecule is O=C(NCCCCN1CCN(CCCNC(=O)C2CCCCC2)CC1)C1CCCCC1. The third-order valence-corrected chi connectivity index (χ3v) is 7.57. The van der Waals surface area contributed by atoms with Crippen LogP contribution in [0, 0.1) is 11.8 Å². The number of rotatable bonds is 11. The van der Waals surface area contributed by atoms with E-state index in [9.17, 15) is 9.59 Å². The number of unbranched alkanes of at least 4 members (excludes halogenated alkanes) is 1. The van der Waals surface area contributed by atoms with Gasteiger partial charge in [-0.15, -0.1) is 0 Å². The summed E-state index contributed by atoms with van der Waals surface area (Å²) in [7, 11) is 0. The zero-order valence-electron chi connectivity index (χ0n) is 19.7. The van der Waals surface area contributed by atoms with E-state index < -0.39 is 0 Å². The largest absolute Gasteiger partial charge is 0.356 e. The Labute approximate surface area is 189 Å². The molecule has 0 atom stereocenters. The van der Waals surface area contributed by atoms with Crippen molar-refractivity contribution in [2.45, 2.75) is 83.5 Å².